The van der Waals surface area contributed by atoms with E-state index in [0.717, 1.165) is 46.1 Å². The molecule has 6 rings (SSSR count). The van der Waals surface area contributed by atoms with Crippen molar-refractivity contribution >= 4 is 16.6 Å². The second kappa shape index (κ2) is 7.67. The molecule has 0 amide bonds. The lowest BCUT2D eigenvalue weighted by atomic mass is 9.84. The molecule has 0 spiro atoms. The van der Waals surface area contributed by atoms with E-state index in [1.165, 1.54) is 17.7 Å². The third-order valence-electron chi connectivity index (χ3n) is 7.32. The number of allylic oxidation sites excluding steroid dienone is 7. The van der Waals surface area contributed by atoms with Crippen molar-refractivity contribution in [1.29, 1.82) is 5.41 Å². The Morgan fingerprint density at radius 2 is 2.09 bits per heavy atom. The maximum Gasteiger partial charge on any atom is 0.123 e. The van der Waals surface area contributed by atoms with Crippen molar-refractivity contribution in [2.24, 2.45) is 22.8 Å². The zero-order chi connectivity index (χ0) is 24.3. The summed E-state index contributed by atoms with van der Waals surface area (Å²) >= 11 is 0. The standard InChI is InChI=1S/C29H26FN5/c1-16-5-6-18(9-21(31)7-16)29-12-19(29)10-25(32)23(13-29)28(33)26-11-22-24(14-34-15-27(22)35-26)17-3-2-4-20(30)8-17/h2-4,6,8-11,13-15,19,33,35H,1,5,7,12,31-32H2. The van der Waals surface area contributed by atoms with Crippen molar-refractivity contribution < 1.29 is 4.39 Å². The first-order valence-electron chi connectivity index (χ1n) is 11.7. The summed E-state index contributed by atoms with van der Waals surface area (Å²) < 4.78 is 13.9. The van der Waals surface area contributed by atoms with Gasteiger partial charge in [-0.15, -0.1) is 0 Å². The van der Waals surface area contributed by atoms with Gasteiger partial charge in [0.2, 0.25) is 0 Å². The Kier molecular flexibility index (Phi) is 4.68. The number of H-pyrrole nitrogens is 1. The molecule has 6 N–H and O–H groups in total. The number of aromatic amines is 1. The van der Waals surface area contributed by atoms with Crippen LogP contribution in [0.2, 0.25) is 0 Å². The third kappa shape index (κ3) is 3.53. The highest BCUT2D eigenvalue weighted by atomic mass is 19.1. The van der Waals surface area contributed by atoms with E-state index in [9.17, 15) is 4.39 Å². The Bertz CT molecular complexity index is 1550. The van der Waals surface area contributed by atoms with Crippen LogP contribution < -0.4 is 11.5 Å². The van der Waals surface area contributed by atoms with Crippen LogP contribution in [-0.4, -0.2) is 15.7 Å². The van der Waals surface area contributed by atoms with Gasteiger partial charge in [-0.25, -0.2) is 4.39 Å². The van der Waals surface area contributed by atoms with Crippen LogP contribution >= 0.6 is 0 Å². The van der Waals surface area contributed by atoms with Crippen LogP contribution in [-0.2, 0) is 0 Å². The van der Waals surface area contributed by atoms with Crippen molar-refractivity contribution in [2.75, 3.05) is 0 Å². The number of aromatic nitrogens is 2. The highest BCUT2D eigenvalue weighted by molar-refractivity contribution is 6.15. The Balaban J connectivity index is 1.40. The number of fused-ring (bicyclic) bond motifs is 2. The second-order valence-corrected chi connectivity index (χ2v) is 9.76. The van der Waals surface area contributed by atoms with E-state index in [1.807, 2.05) is 12.1 Å². The average molecular weight is 464 g/mol. The largest absolute Gasteiger partial charge is 0.402 e. The topological polar surface area (TPSA) is 105 Å². The molecular formula is C29H26FN5. The van der Waals surface area contributed by atoms with E-state index >= 15 is 0 Å². The minimum absolute atomic E-state index is 0.181. The van der Waals surface area contributed by atoms with Crippen LogP contribution in [0.15, 0.2) is 102 Å². The Hall–Kier alpha value is -4.19. The molecule has 0 saturated heterocycles. The van der Waals surface area contributed by atoms with Gasteiger partial charge in [0.05, 0.1) is 23.1 Å². The summed E-state index contributed by atoms with van der Waals surface area (Å²) in [5.41, 5.74) is 20.2. The van der Waals surface area contributed by atoms with E-state index < -0.39 is 0 Å². The van der Waals surface area contributed by atoms with Gasteiger partial charge in [-0.1, -0.05) is 42.5 Å². The molecule has 5 nitrogen and oxygen atoms in total. The van der Waals surface area contributed by atoms with E-state index in [4.69, 9.17) is 16.9 Å². The summed E-state index contributed by atoms with van der Waals surface area (Å²) in [7, 11) is 0. The molecular weight excluding hydrogens is 437 g/mol. The van der Waals surface area contributed by atoms with Crippen LogP contribution in [0.25, 0.3) is 22.0 Å². The fraction of sp³-hybridized carbons (Fsp3) is 0.172. The van der Waals surface area contributed by atoms with Gasteiger partial charge in [-0.05, 0) is 54.2 Å². The Morgan fingerprint density at radius 1 is 1.23 bits per heavy atom. The highest BCUT2D eigenvalue weighted by Crippen LogP contribution is 2.63. The van der Waals surface area contributed by atoms with Gasteiger partial charge >= 0.3 is 0 Å². The van der Waals surface area contributed by atoms with E-state index in [1.54, 1.807) is 18.5 Å². The molecule has 3 aliphatic rings. The zero-order valence-electron chi connectivity index (χ0n) is 19.2. The summed E-state index contributed by atoms with van der Waals surface area (Å²) in [6.45, 7) is 4.11. The summed E-state index contributed by atoms with van der Waals surface area (Å²) in [5, 5.41) is 9.92. The molecule has 3 aromatic rings. The van der Waals surface area contributed by atoms with Gasteiger partial charge in [0, 0.05) is 45.9 Å². The molecule has 2 atom stereocenters. The second-order valence-electron chi connectivity index (χ2n) is 9.76. The SMILES string of the molecule is C=C1CC=C(C23C=C(C(=N)c4cc5c(-c6cccc(F)c6)cncc5[nH]4)C(N)=CC2C3)C=C(N)C1. The number of rotatable bonds is 4. The lowest BCUT2D eigenvalue weighted by molar-refractivity contribution is 0.628. The van der Waals surface area contributed by atoms with Gasteiger partial charge in [-0.3, -0.25) is 10.4 Å². The van der Waals surface area contributed by atoms with Gasteiger partial charge in [0.15, 0.2) is 0 Å². The summed E-state index contributed by atoms with van der Waals surface area (Å²) in [6.07, 6.45) is 14.4. The van der Waals surface area contributed by atoms with Crippen molar-refractivity contribution in [3.63, 3.8) is 0 Å². The van der Waals surface area contributed by atoms with E-state index in [2.05, 4.69) is 40.9 Å². The maximum absolute atomic E-state index is 13.9. The Labute approximate surface area is 203 Å². The smallest absolute Gasteiger partial charge is 0.123 e. The number of nitrogens with zero attached hydrogens (tertiary/aromatic N) is 1. The van der Waals surface area contributed by atoms with Crippen LogP contribution in [0.5, 0.6) is 0 Å². The van der Waals surface area contributed by atoms with Crippen molar-refractivity contribution in [1.82, 2.24) is 9.97 Å². The molecule has 35 heavy (non-hydrogen) atoms. The quantitative estimate of drug-likeness (QED) is 0.297. The first-order valence-corrected chi connectivity index (χ1v) is 11.7. The number of benzene rings is 1. The highest BCUT2D eigenvalue weighted by Gasteiger charge is 2.55. The molecule has 2 aromatic heterocycles. The van der Waals surface area contributed by atoms with Gasteiger partial charge < -0.3 is 16.5 Å². The molecule has 2 heterocycles. The minimum Gasteiger partial charge on any atom is -0.402 e. The molecule has 2 unspecified atom stereocenters. The van der Waals surface area contributed by atoms with Crippen molar-refractivity contribution in [3.05, 3.63) is 113 Å². The first-order chi connectivity index (χ1) is 16.8. The maximum atomic E-state index is 13.9. The van der Waals surface area contributed by atoms with Gasteiger partial charge in [0.1, 0.15) is 5.82 Å². The fourth-order valence-corrected chi connectivity index (χ4v) is 5.42. The monoisotopic (exact) mass is 463 g/mol. The van der Waals surface area contributed by atoms with Crippen LogP contribution in [0.1, 0.15) is 25.0 Å². The lowest BCUT2D eigenvalue weighted by Gasteiger charge is -2.22. The van der Waals surface area contributed by atoms with Crippen LogP contribution in [0.3, 0.4) is 0 Å². The average Bonchev–Trinajstić information content (AvgIpc) is 3.42. The Morgan fingerprint density at radius 3 is 2.91 bits per heavy atom. The predicted molar refractivity (Wildman–Crippen MR) is 138 cm³/mol. The number of nitrogens with one attached hydrogen (secondary N) is 2. The van der Waals surface area contributed by atoms with Gasteiger partial charge in [0.25, 0.3) is 0 Å². The molecule has 6 heteroatoms. The van der Waals surface area contributed by atoms with Crippen molar-refractivity contribution in [2.45, 2.75) is 19.3 Å². The molecule has 1 saturated carbocycles. The third-order valence-corrected chi connectivity index (χ3v) is 7.32. The first kappa shape index (κ1) is 21.4. The van der Waals surface area contributed by atoms with Crippen LogP contribution in [0.4, 0.5) is 4.39 Å². The van der Waals surface area contributed by atoms with E-state index in [0.29, 0.717) is 35.0 Å². The number of hydrogen-bond donors (Lipinski definition) is 4. The predicted octanol–water partition coefficient (Wildman–Crippen LogP) is 5.64. The molecule has 0 aliphatic heterocycles. The number of nitrogens with two attached hydrogens (primary N) is 2. The molecule has 174 valence electrons. The molecule has 1 fully saturated rings. The van der Waals surface area contributed by atoms with Crippen LogP contribution in [0, 0.1) is 22.6 Å². The van der Waals surface area contributed by atoms with Crippen molar-refractivity contribution in [3.8, 4) is 11.1 Å². The summed E-state index contributed by atoms with van der Waals surface area (Å²) in [4.78, 5) is 7.64. The molecule has 1 aromatic carbocycles. The minimum atomic E-state index is -0.302. The molecule has 0 radical (unpaired) electrons. The number of hydrogen-bond acceptors (Lipinski definition) is 4. The number of pyridine rings is 1. The normalized spacial score (nSPS) is 23.6. The molecule has 3 aliphatic carbocycles. The molecule has 0 bridgehead atoms. The van der Waals surface area contributed by atoms with Gasteiger partial charge in [-0.2, -0.15) is 0 Å². The summed E-state index contributed by atoms with van der Waals surface area (Å²) in [5.74, 6) is 0.0100. The summed E-state index contributed by atoms with van der Waals surface area (Å²) in [6, 6.07) is 8.37. The zero-order valence-corrected chi connectivity index (χ0v) is 19.2. The number of halogens is 1. The lowest BCUT2D eigenvalue weighted by Crippen LogP contribution is -2.19. The fourth-order valence-electron chi connectivity index (χ4n) is 5.42. The van der Waals surface area contributed by atoms with E-state index in [-0.39, 0.29) is 11.2 Å².